The fourth-order valence-corrected chi connectivity index (χ4v) is 1.81. The van der Waals surface area contributed by atoms with Crippen LogP contribution in [0.5, 0.6) is 0 Å². The fraction of sp³-hybridized carbons (Fsp3) is 0.333. The van der Waals surface area contributed by atoms with Crippen molar-refractivity contribution in [1.29, 1.82) is 0 Å². The molecule has 0 heterocycles. The molecule has 16 heavy (non-hydrogen) atoms. The predicted molar refractivity (Wildman–Crippen MR) is 65.3 cm³/mol. The van der Waals surface area contributed by atoms with Gasteiger partial charge in [0.05, 0.1) is 0 Å². The minimum absolute atomic E-state index is 0.693. The largest absolute Gasteiger partial charge is 0.348 e. The van der Waals surface area contributed by atoms with Crippen molar-refractivity contribution in [2.45, 2.75) is 26.2 Å². The maximum absolute atomic E-state index is 10.5. The van der Waals surface area contributed by atoms with Crippen LogP contribution in [0.25, 0.3) is 0 Å². The number of unbranched alkanes of at least 4 members (excludes halogenated alkanes) is 1. The van der Waals surface area contributed by atoms with Crippen molar-refractivity contribution in [2.75, 3.05) is 0 Å². The van der Waals surface area contributed by atoms with Crippen molar-refractivity contribution in [1.82, 2.24) is 0 Å². The number of rotatable bonds is 5. The van der Waals surface area contributed by atoms with Gasteiger partial charge in [-0.05, 0) is 31.7 Å². The first-order valence-electron chi connectivity index (χ1n) is 5.26. The molecule has 1 rings (SSSR count). The van der Waals surface area contributed by atoms with Crippen LogP contribution in [0.3, 0.4) is 0 Å². The molecule has 88 valence electrons. The first-order chi connectivity index (χ1) is 7.47. The summed E-state index contributed by atoms with van der Waals surface area (Å²) in [5.41, 5.74) is 2.50. The summed E-state index contributed by atoms with van der Waals surface area (Å²) in [6, 6.07) is 8.31. The smallest absolute Gasteiger partial charge is 0.321 e. The Bertz CT molecular complexity index is 389. The van der Waals surface area contributed by atoms with Gasteiger partial charge in [-0.1, -0.05) is 35.9 Å². The van der Waals surface area contributed by atoms with Crippen molar-refractivity contribution in [3.63, 3.8) is 0 Å². The second-order valence-corrected chi connectivity index (χ2v) is 5.33. The third kappa shape index (κ3) is 5.86. The number of allylic oxidation sites excluding steroid dienone is 1. The van der Waals surface area contributed by atoms with Crippen molar-refractivity contribution in [3.8, 4) is 0 Å². The van der Waals surface area contributed by atoms with Crippen molar-refractivity contribution >= 4 is 7.60 Å². The SMILES string of the molecule is Cc1ccc(CCC/C=C/P(=O)(O)O)cc1. The minimum Gasteiger partial charge on any atom is -0.321 e. The Morgan fingerprint density at radius 1 is 1.25 bits per heavy atom. The van der Waals surface area contributed by atoms with E-state index in [4.69, 9.17) is 9.79 Å². The standard InChI is InChI=1S/C12H17O3P/c1-11-6-8-12(9-7-11)5-3-2-4-10-16(13,14)15/h4,6-10H,2-3,5H2,1H3,(H2,13,14,15)/b10-4+. The molecule has 0 saturated carbocycles. The van der Waals surface area contributed by atoms with Gasteiger partial charge < -0.3 is 9.79 Å². The zero-order valence-corrected chi connectivity index (χ0v) is 10.2. The molecule has 0 saturated heterocycles. The number of hydrogen-bond donors (Lipinski definition) is 2. The molecule has 0 aliphatic carbocycles. The number of hydrogen-bond acceptors (Lipinski definition) is 1. The summed E-state index contributed by atoms with van der Waals surface area (Å²) in [6.45, 7) is 2.05. The highest BCUT2D eigenvalue weighted by Gasteiger charge is 2.04. The lowest BCUT2D eigenvalue weighted by Gasteiger charge is -2.00. The van der Waals surface area contributed by atoms with E-state index in [0.29, 0.717) is 6.42 Å². The molecule has 0 spiro atoms. The summed E-state index contributed by atoms with van der Waals surface area (Å²) in [7, 11) is -3.96. The quantitative estimate of drug-likeness (QED) is 0.614. The van der Waals surface area contributed by atoms with Crippen LogP contribution in [-0.4, -0.2) is 9.79 Å². The molecule has 0 aliphatic rings. The molecule has 0 bridgehead atoms. The predicted octanol–water partition coefficient (Wildman–Crippen LogP) is 3.01. The summed E-state index contributed by atoms with van der Waals surface area (Å²) >= 11 is 0. The molecule has 0 unspecified atom stereocenters. The average molecular weight is 240 g/mol. The monoisotopic (exact) mass is 240 g/mol. The van der Waals surface area contributed by atoms with Crippen molar-refractivity contribution in [2.24, 2.45) is 0 Å². The first kappa shape index (κ1) is 13.2. The van der Waals surface area contributed by atoms with E-state index in [0.717, 1.165) is 18.7 Å². The van der Waals surface area contributed by atoms with Crippen LogP contribution in [0, 0.1) is 6.92 Å². The van der Waals surface area contributed by atoms with E-state index in [-0.39, 0.29) is 0 Å². The summed E-state index contributed by atoms with van der Waals surface area (Å²) in [4.78, 5) is 17.2. The van der Waals surface area contributed by atoms with Crippen molar-refractivity contribution in [3.05, 3.63) is 47.3 Å². The summed E-state index contributed by atoms with van der Waals surface area (Å²) < 4.78 is 10.5. The molecule has 0 aliphatic heterocycles. The second-order valence-electron chi connectivity index (χ2n) is 3.85. The van der Waals surface area contributed by atoms with Gasteiger partial charge in [-0.25, -0.2) is 0 Å². The summed E-state index contributed by atoms with van der Waals surface area (Å²) in [5.74, 6) is 0.974. The Kier molecular flexibility index (Phi) is 4.94. The highest BCUT2D eigenvalue weighted by atomic mass is 31.2. The van der Waals surface area contributed by atoms with E-state index < -0.39 is 7.60 Å². The molecule has 1 aromatic rings. The Labute approximate surface area is 96.0 Å². The van der Waals surface area contributed by atoms with Gasteiger partial charge in [-0.2, -0.15) is 0 Å². The highest BCUT2D eigenvalue weighted by molar-refractivity contribution is 7.55. The molecule has 0 aromatic heterocycles. The molecular formula is C12H17O3P. The third-order valence-electron chi connectivity index (χ3n) is 2.26. The van der Waals surface area contributed by atoms with Gasteiger partial charge in [-0.15, -0.1) is 0 Å². The first-order valence-corrected chi connectivity index (χ1v) is 6.94. The average Bonchev–Trinajstić information content (AvgIpc) is 2.19. The van der Waals surface area contributed by atoms with Crippen molar-refractivity contribution < 1.29 is 14.4 Å². The van der Waals surface area contributed by atoms with Crippen LogP contribution >= 0.6 is 7.60 Å². The number of benzene rings is 1. The second kappa shape index (κ2) is 6.00. The molecule has 0 fully saturated rings. The van der Waals surface area contributed by atoms with Gasteiger partial charge in [0.2, 0.25) is 0 Å². The maximum Gasteiger partial charge on any atom is 0.348 e. The molecule has 0 atom stereocenters. The van der Waals surface area contributed by atoms with Crippen LogP contribution in [0.1, 0.15) is 24.0 Å². The highest BCUT2D eigenvalue weighted by Crippen LogP contribution is 2.36. The van der Waals surface area contributed by atoms with Gasteiger partial charge in [0.15, 0.2) is 0 Å². The van der Waals surface area contributed by atoms with Crippen LogP contribution in [0.2, 0.25) is 0 Å². The number of aryl methyl sites for hydroxylation is 2. The molecule has 2 N–H and O–H groups in total. The zero-order valence-electron chi connectivity index (χ0n) is 9.34. The normalized spacial score (nSPS) is 12.2. The molecule has 4 heteroatoms. The Morgan fingerprint density at radius 2 is 1.88 bits per heavy atom. The van der Waals surface area contributed by atoms with Gasteiger partial charge >= 0.3 is 7.60 Å². The van der Waals surface area contributed by atoms with E-state index in [2.05, 4.69) is 24.3 Å². The lowest BCUT2D eigenvalue weighted by atomic mass is 10.1. The van der Waals surface area contributed by atoms with Gasteiger partial charge in [0, 0.05) is 5.82 Å². The fourth-order valence-electron chi connectivity index (χ4n) is 1.39. The molecule has 0 radical (unpaired) electrons. The molecule has 3 nitrogen and oxygen atoms in total. The third-order valence-corrected chi connectivity index (χ3v) is 2.86. The van der Waals surface area contributed by atoms with Crippen LogP contribution in [-0.2, 0) is 11.0 Å². The Morgan fingerprint density at radius 3 is 2.44 bits per heavy atom. The lowest BCUT2D eigenvalue weighted by molar-refractivity contribution is 0.386. The van der Waals surface area contributed by atoms with E-state index in [1.165, 1.54) is 11.1 Å². The van der Waals surface area contributed by atoms with Crippen LogP contribution in [0.15, 0.2) is 36.2 Å². The van der Waals surface area contributed by atoms with Crippen LogP contribution < -0.4 is 0 Å². The minimum atomic E-state index is -3.96. The van der Waals surface area contributed by atoms with Gasteiger partial charge in [0.25, 0.3) is 0 Å². The molecular weight excluding hydrogens is 223 g/mol. The van der Waals surface area contributed by atoms with Gasteiger partial charge in [-0.3, -0.25) is 4.57 Å². The molecule has 0 amide bonds. The zero-order chi connectivity index (χ0) is 12.0. The van der Waals surface area contributed by atoms with E-state index >= 15 is 0 Å². The molecule has 1 aromatic carbocycles. The van der Waals surface area contributed by atoms with Crippen LogP contribution in [0.4, 0.5) is 0 Å². The van der Waals surface area contributed by atoms with E-state index in [1.54, 1.807) is 6.08 Å². The van der Waals surface area contributed by atoms with E-state index in [9.17, 15) is 4.57 Å². The van der Waals surface area contributed by atoms with E-state index in [1.807, 2.05) is 6.92 Å². The van der Waals surface area contributed by atoms with Gasteiger partial charge in [0.1, 0.15) is 0 Å². The topological polar surface area (TPSA) is 57.5 Å². The maximum atomic E-state index is 10.5. The Balaban J connectivity index is 2.29. The lowest BCUT2D eigenvalue weighted by Crippen LogP contribution is -1.84. The summed E-state index contributed by atoms with van der Waals surface area (Å²) in [5, 5.41) is 0. The Hall–Kier alpha value is -0.890. The summed E-state index contributed by atoms with van der Waals surface area (Å²) in [6.07, 6.45) is 4.08.